The smallest absolute Gasteiger partial charge is 0.244 e. The second-order valence-corrected chi connectivity index (χ2v) is 6.65. The predicted octanol–water partition coefficient (Wildman–Crippen LogP) is 0.525. The summed E-state index contributed by atoms with van der Waals surface area (Å²) in [5.74, 6) is 0. The van der Waals surface area contributed by atoms with Gasteiger partial charge in [0.1, 0.15) is 0 Å². The average Bonchev–Trinajstić information content (AvgIpc) is 2.64. The Hall–Kier alpha value is -0.850. The van der Waals surface area contributed by atoms with E-state index in [2.05, 4.69) is 0 Å². The molecular formula is C11H19N3O2S. The number of piperidine rings is 1. The van der Waals surface area contributed by atoms with Gasteiger partial charge in [-0.1, -0.05) is 0 Å². The van der Waals surface area contributed by atoms with Crippen molar-refractivity contribution in [3.05, 3.63) is 18.5 Å². The van der Waals surface area contributed by atoms with Crippen molar-refractivity contribution >= 4 is 10.0 Å². The van der Waals surface area contributed by atoms with Gasteiger partial charge in [-0.25, -0.2) is 8.42 Å². The molecule has 2 N–H and O–H groups in total. The first-order chi connectivity index (χ1) is 7.91. The van der Waals surface area contributed by atoms with Crippen molar-refractivity contribution in [1.82, 2.24) is 8.87 Å². The van der Waals surface area contributed by atoms with E-state index < -0.39 is 10.0 Å². The minimum Gasteiger partial charge on any atom is -0.356 e. The molecule has 17 heavy (non-hydrogen) atoms. The molecule has 1 aromatic rings. The van der Waals surface area contributed by atoms with Crippen LogP contribution in [-0.2, 0) is 17.1 Å². The molecule has 1 fully saturated rings. The molecule has 1 aliphatic rings. The van der Waals surface area contributed by atoms with Crippen LogP contribution in [0.25, 0.3) is 0 Å². The number of aryl methyl sites for hydroxylation is 1. The van der Waals surface area contributed by atoms with E-state index in [0.29, 0.717) is 11.4 Å². The highest BCUT2D eigenvalue weighted by molar-refractivity contribution is 7.89. The molecule has 2 rings (SSSR count). The number of nitrogens with two attached hydrogens (primary N) is 1. The molecule has 0 aromatic carbocycles. The first kappa shape index (κ1) is 12.6. The highest BCUT2D eigenvalue weighted by atomic mass is 32.2. The third-order valence-corrected chi connectivity index (χ3v) is 5.26. The molecule has 1 aliphatic heterocycles. The largest absolute Gasteiger partial charge is 0.356 e. The Kier molecular flexibility index (Phi) is 3.29. The molecular weight excluding hydrogens is 238 g/mol. The number of nitrogens with zero attached hydrogens (tertiary/aromatic N) is 2. The van der Waals surface area contributed by atoms with Crippen molar-refractivity contribution < 1.29 is 8.42 Å². The molecule has 0 bridgehead atoms. The fourth-order valence-corrected chi connectivity index (χ4v) is 4.02. The van der Waals surface area contributed by atoms with Crippen LogP contribution in [0.3, 0.4) is 0 Å². The summed E-state index contributed by atoms with van der Waals surface area (Å²) in [4.78, 5) is 0.363. The highest BCUT2D eigenvalue weighted by Crippen LogP contribution is 2.24. The van der Waals surface area contributed by atoms with Crippen LogP contribution < -0.4 is 5.73 Å². The van der Waals surface area contributed by atoms with Crippen molar-refractivity contribution in [2.75, 3.05) is 6.54 Å². The second kappa shape index (κ2) is 4.44. The quantitative estimate of drug-likeness (QED) is 0.840. The van der Waals surface area contributed by atoms with Crippen LogP contribution >= 0.6 is 0 Å². The van der Waals surface area contributed by atoms with Crippen molar-refractivity contribution in [1.29, 1.82) is 0 Å². The fraction of sp³-hybridized carbons (Fsp3) is 0.636. The van der Waals surface area contributed by atoms with Crippen molar-refractivity contribution in [3.63, 3.8) is 0 Å². The van der Waals surface area contributed by atoms with Gasteiger partial charge in [0.2, 0.25) is 10.0 Å². The summed E-state index contributed by atoms with van der Waals surface area (Å²) in [6, 6.07) is 1.73. The van der Waals surface area contributed by atoms with Gasteiger partial charge in [-0.3, -0.25) is 0 Å². The van der Waals surface area contributed by atoms with Crippen LogP contribution in [0.15, 0.2) is 23.4 Å². The Balaban J connectivity index is 2.27. The van der Waals surface area contributed by atoms with Crippen LogP contribution in [0, 0.1) is 0 Å². The zero-order valence-electron chi connectivity index (χ0n) is 10.2. The minimum absolute atomic E-state index is 0.0241. The Morgan fingerprint density at radius 3 is 2.71 bits per heavy atom. The molecule has 2 unspecified atom stereocenters. The third kappa shape index (κ3) is 2.38. The van der Waals surface area contributed by atoms with E-state index in [1.807, 2.05) is 14.0 Å². The highest BCUT2D eigenvalue weighted by Gasteiger charge is 2.33. The van der Waals surface area contributed by atoms with Gasteiger partial charge < -0.3 is 10.3 Å². The van der Waals surface area contributed by atoms with Crippen LogP contribution in [-0.4, -0.2) is 35.9 Å². The van der Waals surface area contributed by atoms with Gasteiger partial charge in [-0.05, 0) is 25.8 Å². The summed E-state index contributed by atoms with van der Waals surface area (Å²) in [5.41, 5.74) is 5.85. The summed E-state index contributed by atoms with van der Waals surface area (Å²) in [6.45, 7) is 2.43. The van der Waals surface area contributed by atoms with E-state index in [4.69, 9.17) is 5.73 Å². The van der Waals surface area contributed by atoms with E-state index in [1.165, 1.54) is 0 Å². The Morgan fingerprint density at radius 1 is 1.47 bits per heavy atom. The zero-order valence-corrected chi connectivity index (χ0v) is 11.0. The minimum atomic E-state index is -3.36. The van der Waals surface area contributed by atoms with Gasteiger partial charge in [-0.2, -0.15) is 4.31 Å². The lowest BCUT2D eigenvalue weighted by molar-refractivity contribution is 0.247. The maximum atomic E-state index is 12.4. The summed E-state index contributed by atoms with van der Waals surface area (Å²) in [5, 5.41) is 0. The number of rotatable bonds is 2. The van der Waals surface area contributed by atoms with Gasteiger partial charge in [0.15, 0.2) is 0 Å². The molecule has 0 amide bonds. The molecule has 0 saturated carbocycles. The Morgan fingerprint density at radius 2 is 2.18 bits per heavy atom. The van der Waals surface area contributed by atoms with Gasteiger partial charge >= 0.3 is 0 Å². The monoisotopic (exact) mass is 257 g/mol. The molecule has 6 heteroatoms. The SMILES string of the molecule is CC1CC(N)CCN1S(=O)(=O)c1ccn(C)c1. The van der Waals surface area contributed by atoms with Crippen LogP contribution in [0.2, 0.25) is 0 Å². The van der Waals surface area contributed by atoms with Gasteiger partial charge in [0.25, 0.3) is 0 Å². The summed E-state index contributed by atoms with van der Waals surface area (Å²) >= 11 is 0. The van der Waals surface area contributed by atoms with Crippen LogP contribution in [0.5, 0.6) is 0 Å². The first-order valence-electron chi connectivity index (χ1n) is 5.80. The van der Waals surface area contributed by atoms with Crippen molar-refractivity contribution in [2.24, 2.45) is 12.8 Å². The molecule has 2 atom stereocenters. The molecule has 0 aliphatic carbocycles. The average molecular weight is 257 g/mol. The third-order valence-electron chi connectivity index (χ3n) is 3.27. The number of hydrogen-bond donors (Lipinski definition) is 1. The van der Waals surface area contributed by atoms with Crippen molar-refractivity contribution in [2.45, 2.75) is 36.7 Å². The fourth-order valence-electron chi connectivity index (χ4n) is 2.31. The number of hydrogen-bond acceptors (Lipinski definition) is 3. The maximum Gasteiger partial charge on any atom is 0.244 e. The van der Waals surface area contributed by atoms with Gasteiger partial charge in [0.05, 0.1) is 4.90 Å². The molecule has 2 heterocycles. The second-order valence-electron chi connectivity index (χ2n) is 4.76. The van der Waals surface area contributed by atoms with Gasteiger partial charge in [0, 0.05) is 38.1 Å². The summed E-state index contributed by atoms with van der Waals surface area (Å²) in [6.07, 6.45) is 4.84. The standard InChI is InChI=1S/C11H19N3O2S/c1-9-7-10(12)3-6-14(9)17(15,16)11-4-5-13(2)8-11/h4-5,8-10H,3,6-7,12H2,1-2H3. The van der Waals surface area contributed by atoms with E-state index in [1.54, 1.807) is 27.3 Å². The molecule has 1 aromatic heterocycles. The van der Waals surface area contributed by atoms with Crippen molar-refractivity contribution in [3.8, 4) is 0 Å². The van der Waals surface area contributed by atoms with Crippen LogP contribution in [0.4, 0.5) is 0 Å². The van der Waals surface area contributed by atoms with E-state index in [-0.39, 0.29) is 12.1 Å². The zero-order chi connectivity index (χ0) is 12.6. The summed E-state index contributed by atoms with van der Waals surface area (Å²) < 4.78 is 28.1. The van der Waals surface area contributed by atoms with Gasteiger partial charge in [-0.15, -0.1) is 0 Å². The molecule has 0 radical (unpaired) electrons. The predicted molar refractivity (Wildman–Crippen MR) is 66.0 cm³/mol. The Bertz CT molecular complexity index is 495. The molecule has 5 nitrogen and oxygen atoms in total. The van der Waals surface area contributed by atoms with E-state index >= 15 is 0 Å². The maximum absolute atomic E-state index is 12.4. The lowest BCUT2D eigenvalue weighted by Gasteiger charge is -2.34. The molecule has 1 saturated heterocycles. The lowest BCUT2D eigenvalue weighted by Crippen LogP contribution is -2.48. The summed E-state index contributed by atoms with van der Waals surface area (Å²) in [7, 11) is -1.54. The number of sulfonamides is 1. The van der Waals surface area contributed by atoms with Crippen LogP contribution in [0.1, 0.15) is 19.8 Å². The number of aromatic nitrogens is 1. The first-order valence-corrected chi connectivity index (χ1v) is 7.24. The Labute approximate surface area is 102 Å². The van der Waals surface area contributed by atoms with E-state index in [0.717, 1.165) is 12.8 Å². The molecule has 0 spiro atoms. The van der Waals surface area contributed by atoms with E-state index in [9.17, 15) is 8.42 Å². The molecule has 96 valence electrons. The normalized spacial score (nSPS) is 27.2. The lowest BCUT2D eigenvalue weighted by atomic mass is 10.0. The topological polar surface area (TPSA) is 68.3 Å².